The van der Waals surface area contributed by atoms with Crippen LogP contribution in [-0.4, -0.2) is 8.42 Å². The third-order valence-electron chi connectivity index (χ3n) is 1.69. The van der Waals surface area contributed by atoms with Crippen LogP contribution >= 0.6 is 10.7 Å². The Labute approximate surface area is 84.9 Å². The first kappa shape index (κ1) is 11.4. The third-order valence-corrected chi connectivity index (χ3v) is 3.11. The molecule has 0 unspecified atom stereocenters. The molecule has 0 heterocycles. The molecule has 1 aromatic rings. The Morgan fingerprint density at radius 2 is 1.86 bits per heavy atom. The highest BCUT2D eigenvalue weighted by atomic mass is 35.7. The molecule has 1 aromatic carbocycles. The van der Waals surface area contributed by atoms with Crippen LogP contribution in [0.1, 0.15) is 11.1 Å². The van der Waals surface area contributed by atoms with E-state index in [2.05, 4.69) is 0 Å². The van der Waals surface area contributed by atoms with Gasteiger partial charge in [-0.1, -0.05) is 6.07 Å². The smallest absolute Gasteiger partial charge is 0.246 e. The first-order valence-corrected chi connectivity index (χ1v) is 5.98. The van der Waals surface area contributed by atoms with E-state index < -0.39 is 22.4 Å². The molecule has 78 valence electrons. The molecule has 0 aliphatic carbocycles. The molecule has 0 aromatic heterocycles. The number of benzene rings is 1. The topological polar surface area (TPSA) is 34.1 Å². The fourth-order valence-corrected chi connectivity index (χ4v) is 2.17. The fraction of sp³-hybridized carbons (Fsp3) is 0.250. The molecule has 0 atom stereocenters. The van der Waals surface area contributed by atoms with Gasteiger partial charge in [-0.3, -0.25) is 0 Å². The van der Waals surface area contributed by atoms with Crippen molar-refractivity contribution in [1.29, 1.82) is 0 Å². The van der Waals surface area contributed by atoms with Crippen LogP contribution in [0.5, 0.6) is 0 Å². The predicted octanol–water partition coefficient (Wildman–Crippen LogP) is 2.55. The quantitative estimate of drug-likeness (QED) is 0.761. The second-order valence-electron chi connectivity index (χ2n) is 2.65. The van der Waals surface area contributed by atoms with E-state index in [0.29, 0.717) is 0 Å². The SMILES string of the molecule is O=S(=O)(Cl)c1ccc(CF)cc1CF. The minimum absolute atomic E-state index is 0.116. The first-order valence-electron chi connectivity index (χ1n) is 3.67. The van der Waals surface area contributed by atoms with Gasteiger partial charge >= 0.3 is 0 Å². The summed E-state index contributed by atoms with van der Waals surface area (Å²) in [5, 5.41) is 0. The van der Waals surface area contributed by atoms with Gasteiger partial charge in [0.2, 0.25) is 0 Å². The molecule has 0 amide bonds. The second-order valence-corrected chi connectivity index (χ2v) is 5.18. The molecule has 0 spiro atoms. The lowest BCUT2D eigenvalue weighted by Gasteiger charge is -2.04. The van der Waals surface area contributed by atoms with E-state index in [1.54, 1.807) is 0 Å². The van der Waals surface area contributed by atoms with Crippen molar-refractivity contribution in [3.05, 3.63) is 29.3 Å². The van der Waals surface area contributed by atoms with Crippen LogP contribution < -0.4 is 0 Å². The van der Waals surface area contributed by atoms with Crippen LogP contribution in [0.2, 0.25) is 0 Å². The molecule has 0 aliphatic rings. The largest absolute Gasteiger partial charge is 0.261 e. The van der Waals surface area contributed by atoms with Gasteiger partial charge in [0.25, 0.3) is 9.05 Å². The Morgan fingerprint density at radius 3 is 2.29 bits per heavy atom. The number of halogens is 3. The van der Waals surface area contributed by atoms with E-state index in [9.17, 15) is 17.2 Å². The van der Waals surface area contributed by atoms with Crippen LogP contribution in [0.15, 0.2) is 23.1 Å². The zero-order valence-electron chi connectivity index (χ0n) is 7.00. The van der Waals surface area contributed by atoms with E-state index in [4.69, 9.17) is 10.7 Å². The van der Waals surface area contributed by atoms with Crippen molar-refractivity contribution in [2.75, 3.05) is 0 Å². The molecular formula is C8H7ClF2O2S. The molecule has 2 nitrogen and oxygen atoms in total. The van der Waals surface area contributed by atoms with Crippen LogP contribution in [0, 0.1) is 0 Å². The van der Waals surface area contributed by atoms with E-state index in [-0.39, 0.29) is 16.0 Å². The fourth-order valence-electron chi connectivity index (χ4n) is 1.06. The Kier molecular flexibility index (Phi) is 3.44. The van der Waals surface area contributed by atoms with Crippen LogP contribution in [0.25, 0.3) is 0 Å². The summed E-state index contributed by atoms with van der Waals surface area (Å²) in [5.74, 6) is 0. The minimum Gasteiger partial charge on any atom is -0.246 e. The number of hydrogen-bond acceptors (Lipinski definition) is 2. The summed E-state index contributed by atoms with van der Waals surface area (Å²) in [6, 6.07) is 3.51. The molecule has 14 heavy (non-hydrogen) atoms. The van der Waals surface area contributed by atoms with Crippen LogP contribution in [0.4, 0.5) is 8.78 Å². The lowest BCUT2D eigenvalue weighted by Crippen LogP contribution is -1.97. The highest BCUT2D eigenvalue weighted by Gasteiger charge is 2.15. The highest BCUT2D eigenvalue weighted by molar-refractivity contribution is 8.13. The molecular weight excluding hydrogens is 234 g/mol. The molecule has 6 heteroatoms. The Bertz CT molecular complexity index is 431. The average molecular weight is 241 g/mol. The Hall–Kier alpha value is -0.680. The molecule has 0 radical (unpaired) electrons. The summed E-state index contributed by atoms with van der Waals surface area (Å²) >= 11 is 0. The molecule has 0 saturated heterocycles. The monoisotopic (exact) mass is 240 g/mol. The maximum absolute atomic E-state index is 12.4. The average Bonchev–Trinajstić information content (AvgIpc) is 2.15. The van der Waals surface area contributed by atoms with E-state index in [1.807, 2.05) is 0 Å². The van der Waals surface area contributed by atoms with E-state index in [1.165, 1.54) is 6.07 Å². The van der Waals surface area contributed by atoms with Crippen LogP contribution in [-0.2, 0) is 22.4 Å². The van der Waals surface area contributed by atoms with Crippen molar-refractivity contribution in [2.45, 2.75) is 18.2 Å². The van der Waals surface area contributed by atoms with Gasteiger partial charge < -0.3 is 0 Å². The Morgan fingerprint density at radius 1 is 1.21 bits per heavy atom. The lowest BCUT2D eigenvalue weighted by atomic mass is 10.1. The van der Waals surface area contributed by atoms with Crippen molar-refractivity contribution in [2.24, 2.45) is 0 Å². The van der Waals surface area contributed by atoms with Gasteiger partial charge in [-0.05, 0) is 17.7 Å². The van der Waals surface area contributed by atoms with E-state index in [0.717, 1.165) is 12.1 Å². The van der Waals surface area contributed by atoms with Gasteiger partial charge in [0.15, 0.2) is 0 Å². The maximum atomic E-state index is 12.4. The van der Waals surface area contributed by atoms with Gasteiger partial charge in [-0.25, -0.2) is 17.2 Å². The molecule has 0 bridgehead atoms. The summed E-state index contributed by atoms with van der Waals surface area (Å²) in [7, 11) is 1.09. The Balaban J connectivity index is 3.33. The third kappa shape index (κ3) is 2.42. The summed E-state index contributed by atoms with van der Waals surface area (Å²) in [6.07, 6.45) is 0. The highest BCUT2D eigenvalue weighted by Crippen LogP contribution is 2.22. The molecule has 0 N–H and O–H groups in total. The minimum atomic E-state index is -3.96. The van der Waals surface area contributed by atoms with Crippen LogP contribution in [0.3, 0.4) is 0 Å². The summed E-state index contributed by atoms with van der Waals surface area (Å²) < 4.78 is 46.4. The van der Waals surface area contributed by atoms with Gasteiger partial charge in [0.1, 0.15) is 13.3 Å². The van der Waals surface area contributed by atoms with Gasteiger partial charge in [0.05, 0.1) is 4.90 Å². The first-order chi connectivity index (χ1) is 6.49. The summed E-state index contributed by atoms with van der Waals surface area (Å²) in [6.45, 7) is -1.76. The van der Waals surface area contributed by atoms with Crippen molar-refractivity contribution >= 4 is 19.7 Å². The molecule has 0 saturated carbocycles. The maximum Gasteiger partial charge on any atom is 0.261 e. The second kappa shape index (κ2) is 4.23. The van der Waals surface area contributed by atoms with Crippen molar-refractivity contribution < 1.29 is 17.2 Å². The zero-order chi connectivity index (χ0) is 10.8. The van der Waals surface area contributed by atoms with Gasteiger partial charge in [-0.15, -0.1) is 0 Å². The lowest BCUT2D eigenvalue weighted by molar-refractivity contribution is 0.470. The van der Waals surface area contributed by atoms with Gasteiger partial charge in [0, 0.05) is 16.2 Å². The summed E-state index contributed by atoms with van der Waals surface area (Å²) in [5.41, 5.74) is 0.108. The molecule has 0 aliphatic heterocycles. The normalized spacial score (nSPS) is 11.6. The molecule has 1 rings (SSSR count). The zero-order valence-corrected chi connectivity index (χ0v) is 8.58. The summed E-state index contributed by atoms with van der Waals surface area (Å²) in [4.78, 5) is -0.307. The van der Waals surface area contributed by atoms with Crippen molar-refractivity contribution in [3.63, 3.8) is 0 Å². The number of rotatable bonds is 3. The number of hydrogen-bond donors (Lipinski definition) is 0. The van der Waals surface area contributed by atoms with Crippen molar-refractivity contribution in [3.8, 4) is 0 Å². The standard InChI is InChI=1S/C8H7ClF2O2S/c9-14(12,13)8-2-1-6(4-10)3-7(8)5-11/h1-3H,4-5H2. The predicted molar refractivity (Wildman–Crippen MR) is 49.1 cm³/mol. The van der Waals surface area contributed by atoms with Crippen molar-refractivity contribution in [1.82, 2.24) is 0 Å². The molecule has 0 fully saturated rings. The number of alkyl halides is 2. The van der Waals surface area contributed by atoms with E-state index >= 15 is 0 Å². The van der Waals surface area contributed by atoms with Gasteiger partial charge in [-0.2, -0.15) is 0 Å².